The quantitative estimate of drug-likeness (QED) is 0.898. The molecule has 0 fully saturated rings. The van der Waals surface area contributed by atoms with Crippen LogP contribution in [-0.2, 0) is 0 Å². The van der Waals surface area contributed by atoms with E-state index in [0.29, 0.717) is 5.82 Å². The molecule has 7 heteroatoms. The Morgan fingerprint density at radius 2 is 2.00 bits per heavy atom. The monoisotopic (exact) mass is 335 g/mol. The molecule has 0 bridgehead atoms. The minimum atomic E-state index is -1.18. The molecule has 2 heterocycles. The number of aromatic nitrogens is 2. The number of hydrogen-bond donors (Lipinski definition) is 2. The number of pyridine rings is 2. The SMILES string of the molecule is Cc1cc(Br)cnc1NC(=O)c1cccc(C(=O)O)n1. The van der Waals surface area contributed by atoms with Crippen molar-refractivity contribution in [2.24, 2.45) is 0 Å². The Balaban J connectivity index is 2.24. The van der Waals surface area contributed by atoms with Crippen molar-refractivity contribution in [2.45, 2.75) is 6.92 Å². The van der Waals surface area contributed by atoms with E-state index >= 15 is 0 Å². The number of hydrogen-bond acceptors (Lipinski definition) is 4. The fourth-order valence-electron chi connectivity index (χ4n) is 1.52. The summed E-state index contributed by atoms with van der Waals surface area (Å²) < 4.78 is 0.805. The molecule has 2 N–H and O–H groups in total. The van der Waals surface area contributed by atoms with E-state index in [9.17, 15) is 9.59 Å². The number of aromatic carboxylic acids is 1. The standard InChI is InChI=1S/C13H10BrN3O3/c1-7-5-8(14)6-15-11(7)17-12(18)9-3-2-4-10(16-9)13(19)20/h2-6H,1H3,(H,19,20)(H,15,17,18). The van der Waals surface area contributed by atoms with Crippen LogP contribution >= 0.6 is 15.9 Å². The van der Waals surface area contributed by atoms with Gasteiger partial charge in [-0.15, -0.1) is 0 Å². The molecular weight excluding hydrogens is 326 g/mol. The van der Waals surface area contributed by atoms with Gasteiger partial charge in [-0.2, -0.15) is 0 Å². The van der Waals surface area contributed by atoms with E-state index in [0.717, 1.165) is 10.0 Å². The van der Waals surface area contributed by atoms with E-state index in [1.54, 1.807) is 13.1 Å². The van der Waals surface area contributed by atoms with Gasteiger partial charge in [0.1, 0.15) is 17.2 Å². The van der Waals surface area contributed by atoms with E-state index in [1.807, 2.05) is 6.07 Å². The van der Waals surface area contributed by atoms with E-state index in [-0.39, 0.29) is 11.4 Å². The number of rotatable bonds is 3. The topological polar surface area (TPSA) is 92.2 Å². The highest BCUT2D eigenvalue weighted by Crippen LogP contribution is 2.17. The number of carboxylic acids is 1. The van der Waals surface area contributed by atoms with Gasteiger partial charge in [0.25, 0.3) is 5.91 Å². The first kappa shape index (κ1) is 14.1. The zero-order valence-corrected chi connectivity index (χ0v) is 12.0. The van der Waals surface area contributed by atoms with Crippen molar-refractivity contribution in [3.05, 3.63) is 51.9 Å². The van der Waals surface area contributed by atoms with Crippen LogP contribution < -0.4 is 5.32 Å². The molecule has 0 aliphatic heterocycles. The van der Waals surface area contributed by atoms with Gasteiger partial charge in [-0.25, -0.2) is 14.8 Å². The summed E-state index contributed by atoms with van der Waals surface area (Å²) in [4.78, 5) is 30.7. The number of halogens is 1. The lowest BCUT2D eigenvalue weighted by Crippen LogP contribution is -2.16. The van der Waals surface area contributed by atoms with Crippen LogP contribution in [0.2, 0.25) is 0 Å². The summed E-state index contributed by atoms with van der Waals surface area (Å²) in [5.74, 6) is -1.29. The maximum absolute atomic E-state index is 12.0. The highest BCUT2D eigenvalue weighted by Gasteiger charge is 2.13. The second-order valence-corrected chi connectivity index (χ2v) is 4.90. The summed E-state index contributed by atoms with van der Waals surface area (Å²) in [7, 11) is 0. The summed E-state index contributed by atoms with van der Waals surface area (Å²) in [6, 6.07) is 6.04. The van der Waals surface area contributed by atoms with E-state index in [2.05, 4.69) is 31.2 Å². The van der Waals surface area contributed by atoms with Gasteiger partial charge in [0.05, 0.1) is 0 Å². The summed E-state index contributed by atoms with van der Waals surface area (Å²) in [5, 5.41) is 11.4. The van der Waals surface area contributed by atoms with Crippen molar-refractivity contribution in [2.75, 3.05) is 5.32 Å². The third-order valence-corrected chi connectivity index (χ3v) is 2.91. The molecular formula is C13H10BrN3O3. The van der Waals surface area contributed by atoms with Gasteiger partial charge in [0, 0.05) is 10.7 Å². The van der Waals surface area contributed by atoms with Crippen LogP contribution in [0.25, 0.3) is 0 Å². The molecule has 1 amide bonds. The van der Waals surface area contributed by atoms with Crippen molar-refractivity contribution >= 4 is 33.6 Å². The highest BCUT2D eigenvalue weighted by atomic mass is 79.9. The van der Waals surface area contributed by atoms with E-state index < -0.39 is 11.9 Å². The van der Waals surface area contributed by atoms with Crippen LogP contribution in [0.15, 0.2) is 34.9 Å². The lowest BCUT2D eigenvalue weighted by atomic mass is 10.2. The molecule has 2 aromatic heterocycles. The van der Waals surface area contributed by atoms with Crippen LogP contribution in [0.1, 0.15) is 26.5 Å². The van der Waals surface area contributed by atoms with Crippen LogP contribution in [0.3, 0.4) is 0 Å². The summed E-state index contributed by atoms with van der Waals surface area (Å²) in [5.41, 5.74) is 0.620. The maximum atomic E-state index is 12.0. The highest BCUT2D eigenvalue weighted by molar-refractivity contribution is 9.10. The number of nitrogens with zero attached hydrogens (tertiary/aromatic N) is 2. The third kappa shape index (κ3) is 3.18. The number of amides is 1. The van der Waals surface area contributed by atoms with Gasteiger partial charge in [0.15, 0.2) is 0 Å². The van der Waals surface area contributed by atoms with Crippen molar-refractivity contribution in [1.82, 2.24) is 9.97 Å². The molecule has 102 valence electrons. The molecule has 0 saturated heterocycles. The predicted molar refractivity (Wildman–Crippen MR) is 75.8 cm³/mol. The lowest BCUT2D eigenvalue weighted by molar-refractivity contribution is 0.0690. The molecule has 0 unspecified atom stereocenters. The van der Waals surface area contributed by atoms with Gasteiger partial charge in [-0.1, -0.05) is 6.07 Å². The molecule has 0 aromatic carbocycles. The molecule has 0 aliphatic carbocycles. The van der Waals surface area contributed by atoms with E-state index in [4.69, 9.17) is 5.11 Å². The molecule has 20 heavy (non-hydrogen) atoms. The van der Waals surface area contributed by atoms with Gasteiger partial charge in [0.2, 0.25) is 0 Å². The van der Waals surface area contributed by atoms with Gasteiger partial charge in [-0.05, 0) is 46.6 Å². The van der Waals surface area contributed by atoms with Crippen LogP contribution in [0, 0.1) is 6.92 Å². The smallest absolute Gasteiger partial charge is 0.354 e. The lowest BCUT2D eigenvalue weighted by Gasteiger charge is -2.07. The zero-order valence-electron chi connectivity index (χ0n) is 10.4. The second kappa shape index (κ2) is 5.79. The molecule has 2 rings (SSSR count). The Hall–Kier alpha value is -2.28. The van der Waals surface area contributed by atoms with Crippen LogP contribution in [0.4, 0.5) is 5.82 Å². The number of aryl methyl sites for hydroxylation is 1. The zero-order chi connectivity index (χ0) is 14.7. The molecule has 6 nitrogen and oxygen atoms in total. The summed E-state index contributed by atoms with van der Waals surface area (Å²) >= 11 is 3.28. The fraction of sp³-hybridized carbons (Fsp3) is 0.0769. The average molecular weight is 336 g/mol. The normalized spacial score (nSPS) is 10.1. The van der Waals surface area contributed by atoms with Crippen molar-refractivity contribution < 1.29 is 14.7 Å². The summed E-state index contributed by atoms with van der Waals surface area (Å²) in [6.45, 7) is 1.80. The Bertz CT molecular complexity index is 688. The Morgan fingerprint density at radius 3 is 2.65 bits per heavy atom. The largest absolute Gasteiger partial charge is 0.477 e. The molecule has 0 saturated carbocycles. The first-order valence-electron chi connectivity index (χ1n) is 5.61. The van der Waals surface area contributed by atoms with Gasteiger partial charge in [-0.3, -0.25) is 4.79 Å². The number of nitrogens with one attached hydrogen (secondary N) is 1. The number of carbonyl (C=O) groups excluding carboxylic acids is 1. The first-order chi connectivity index (χ1) is 9.47. The van der Waals surface area contributed by atoms with E-state index in [1.165, 1.54) is 18.2 Å². The molecule has 2 aromatic rings. The minimum Gasteiger partial charge on any atom is -0.477 e. The summed E-state index contributed by atoms with van der Waals surface area (Å²) in [6.07, 6.45) is 1.56. The molecule has 0 atom stereocenters. The fourth-order valence-corrected chi connectivity index (χ4v) is 1.97. The van der Waals surface area contributed by atoms with Crippen molar-refractivity contribution in [3.63, 3.8) is 0 Å². The molecule has 0 radical (unpaired) electrons. The number of carbonyl (C=O) groups is 2. The van der Waals surface area contributed by atoms with Crippen molar-refractivity contribution in [1.29, 1.82) is 0 Å². The van der Waals surface area contributed by atoms with Crippen LogP contribution in [0.5, 0.6) is 0 Å². The van der Waals surface area contributed by atoms with Crippen molar-refractivity contribution in [3.8, 4) is 0 Å². The second-order valence-electron chi connectivity index (χ2n) is 3.99. The maximum Gasteiger partial charge on any atom is 0.354 e. The third-order valence-electron chi connectivity index (χ3n) is 2.48. The predicted octanol–water partition coefficient (Wildman–Crippen LogP) is 2.50. The number of anilines is 1. The van der Waals surface area contributed by atoms with Gasteiger partial charge < -0.3 is 10.4 Å². The Labute approximate surface area is 123 Å². The Morgan fingerprint density at radius 1 is 1.30 bits per heavy atom. The molecule has 0 spiro atoms. The first-order valence-corrected chi connectivity index (χ1v) is 6.40. The molecule has 0 aliphatic rings. The number of carboxylic acid groups (broad SMARTS) is 1. The van der Waals surface area contributed by atoms with Crippen LogP contribution in [-0.4, -0.2) is 27.0 Å². The minimum absolute atomic E-state index is 0.0222. The Kier molecular flexibility index (Phi) is 4.09. The average Bonchev–Trinajstić information content (AvgIpc) is 2.42. The van der Waals surface area contributed by atoms with Gasteiger partial charge >= 0.3 is 5.97 Å².